The van der Waals surface area contributed by atoms with Crippen molar-refractivity contribution in [3.05, 3.63) is 74.8 Å². The summed E-state index contributed by atoms with van der Waals surface area (Å²) in [5.41, 5.74) is 1.82. The van der Waals surface area contributed by atoms with Crippen molar-refractivity contribution in [3.63, 3.8) is 0 Å². The molecule has 0 spiro atoms. The lowest BCUT2D eigenvalue weighted by Gasteiger charge is -2.32. The van der Waals surface area contributed by atoms with Gasteiger partial charge < -0.3 is 4.90 Å². The molecular formula is C24H23ClF3N7O2S2. The van der Waals surface area contributed by atoms with Gasteiger partial charge in [-0.2, -0.15) is 31.7 Å². The van der Waals surface area contributed by atoms with E-state index in [0.717, 1.165) is 19.3 Å². The van der Waals surface area contributed by atoms with Crippen LogP contribution in [0.2, 0.25) is 5.02 Å². The van der Waals surface area contributed by atoms with Gasteiger partial charge in [0.2, 0.25) is 0 Å². The van der Waals surface area contributed by atoms with Crippen molar-refractivity contribution >= 4 is 44.6 Å². The van der Waals surface area contributed by atoms with E-state index >= 15 is 0 Å². The summed E-state index contributed by atoms with van der Waals surface area (Å²) >= 11 is 7.82. The number of fused-ring (bicyclic) bond motifs is 1. The fourth-order valence-corrected chi connectivity index (χ4v) is 7.28. The fourth-order valence-electron chi connectivity index (χ4n) is 5.03. The molecule has 6 rings (SSSR count). The van der Waals surface area contributed by atoms with E-state index in [1.54, 1.807) is 11.6 Å². The van der Waals surface area contributed by atoms with E-state index in [0.29, 0.717) is 32.4 Å². The largest absolute Gasteiger partial charge is 0.333 e. The molecule has 39 heavy (non-hydrogen) atoms. The molecule has 2 aliphatic heterocycles. The number of nitrogens with one attached hydrogen (secondary N) is 2. The summed E-state index contributed by atoms with van der Waals surface area (Å²) < 4.78 is 72.5. The Morgan fingerprint density at radius 3 is 2.59 bits per heavy atom. The number of hydrogen-bond acceptors (Lipinski definition) is 7. The lowest BCUT2D eigenvalue weighted by Crippen LogP contribution is -2.49. The number of amidine groups is 1. The Morgan fingerprint density at radius 1 is 1.15 bits per heavy atom. The third-order valence-electron chi connectivity index (χ3n) is 6.97. The monoisotopic (exact) mass is 597 g/mol. The van der Waals surface area contributed by atoms with Crippen LogP contribution in [0.15, 0.2) is 52.7 Å². The molecule has 0 unspecified atom stereocenters. The third kappa shape index (κ3) is 5.23. The first-order valence-corrected chi connectivity index (χ1v) is 15.0. The van der Waals surface area contributed by atoms with Crippen LogP contribution in [0.25, 0.3) is 5.57 Å². The highest BCUT2D eigenvalue weighted by atomic mass is 35.5. The zero-order chi connectivity index (χ0) is 27.3. The predicted molar refractivity (Wildman–Crippen MR) is 141 cm³/mol. The van der Waals surface area contributed by atoms with Crippen LogP contribution in [0.5, 0.6) is 0 Å². The van der Waals surface area contributed by atoms with Crippen LogP contribution >= 0.6 is 22.9 Å². The summed E-state index contributed by atoms with van der Waals surface area (Å²) in [7, 11) is -3.79. The molecule has 206 valence electrons. The van der Waals surface area contributed by atoms with E-state index < -0.39 is 34.7 Å². The average Bonchev–Trinajstić information content (AvgIpc) is 3.61. The first-order chi connectivity index (χ1) is 18.7. The predicted octanol–water partition coefficient (Wildman–Crippen LogP) is 4.49. The molecule has 3 aromatic rings. The molecule has 1 aromatic carbocycles. The molecular weight excluding hydrogens is 575 g/mol. The Labute approximate surface area is 231 Å². The highest BCUT2D eigenvalue weighted by Crippen LogP contribution is 2.46. The number of hydrogen-bond donors (Lipinski definition) is 2. The van der Waals surface area contributed by atoms with Gasteiger partial charge in [0.1, 0.15) is 11.9 Å². The smallest absolute Gasteiger partial charge is 0.326 e. The molecule has 1 aliphatic carbocycles. The van der Waals surface area contributed by atoms with Crippen LogP contribution in [-0.2, 0) is 10.2 Å². The summed E-state index contributed by atoms with van der Waals surface area (Å²) in [6, 6.07) is 3.92. The second-order valence-corrected chi connectivity index (χ2v) is 12.3. The number of halogens is 4. The SMILES string of the molecule is O=S(=O)(NC1CCC1)N[C@H]1CC2=C(c3ccn(C(F)F)n3)[C@H](c3ccc(F)cc3Cl)N=C(c3nccs3)N2C1. The van der Waals surface area contributed by atoms with Crippen molar-refractivity contribution in [2.24, 2.45) is 4.99 Å². The quantitative estimate of drug-likeness (QED) is 0.398. The Kier molecular flexibility index (Phi) is 7.00. The Hall–Kier alpha value is -2.78. The molecule has 1 saturated carbocycles. The highest BCUT2D eigenvalue weighted by molar-refractivity contribution is 7.87. The van der Waals surface area contributed by atoms with Gasteiger partial charge in [0.25, 0.3) is 10.2 Å². The van der Waals surface area contributed by atoms with Crippen LogP contribution in [0.1, 0.15) is 54.5 Å². The van der Waals surface area contributed by atoms with Gasteiger partial charge in [0.05, 0.1) is 5.69 Å². The van der Waals surface area contributed by atoms with E-state index in [9.17, 15) is 21.6 Å². The maximum absolute atomic E-state index is 14.0. The second-order valence-electron chi connectivity index (χ2n) is 9.56. The van der Waals surface area contributed by atoms with E-state index in [1.807, 2.05) is 4.90 Å². The van der Waals surface area contributed by atoms with Crippen LogP contribution in [0.3, 0.4) is 0 Å². The van der Waals surface area contributed by atoms with Crippen molar-refractivity contribution < 1.29 is 21.6 Å². The number of thiazole rings is 1. The third-order valence-corrected chi connectivity index (χ3v) is 9.36. The van der Waals surface area contributed by atoms with Crippen LogP contribution < -0.4 is 9.44 Å². The van der Waals surface area contributed by atoms with E-state index in [-0.39, 0.29) is 29.7 Å². The maximum Gasteiger partial charge on any atom is 0.333 e. The van der Waals surface area contributed by atoms with Gasteiger partial charge in [-0.25, -0.2) is 14.1 Å². The number of benzene rings is 1. The summed E-state index contributed by atoms with van der Waals surface area (Å²) in [6.45, 7) is -2.62. The zero-order valence-electron chi connectivity index (χ0n) is 20.3. The van der Waals surface area contributed by atoms with E-state index in [1.165, 1.54) is 41.8 Å². The molecule has 9 nitrogen and oxygen atoms in total. The molecule has 0 radical (unpaired) electrons. The summed E-state index contributed by atoms with van der Waals surface area (Å²) in [4.78, 5) is 11.2. The molecule has 1 saturated heterocycles. The first-order valence-electron chi connectivity index (χ1n) is 12.2. The molecule has 2 N–H and O–H groups in total. The van der Waals surface area contributed by atoms with Crippen molar-refractivity contribution in [1.29, 1.82) is 0 Å². The fraction of sp³-hybridized carbons (Fsp3) is 0.375. The van der Waals surface area contributed by atoms with Crippen LogP contribution in [-0.4, -0.2) is 52.5 Å². The van der Waals surface area contributed by atoms with Gasteiger partial charge in [-0.3, -0.25) is 4.99 Å². The minimum absolute atomic E-state index is 0.0861. The average molecular weight is 598 g/mol. The Balaban J connectivity index is 1.46. The lowest BCUT2D eigenvalue weighted by molar-refractivity contribution is 0.0564. The minimum Gasteiger partial charge on any atom is -0.326 e. The molecule has 0 amide bonds. The summed E-state index contributed by atoms with van der Waals surface area (Å²) in [5, 5.41) is 6.59. The molecule has 2 aromatic heterocycles. The van der Waals surface area contributed by atoms with Crippen molar-refractivity contribution in [3.8, 4) is 0 Å². The van der Waals surface area contributed by atoms with Gasteiger partial charge in [-0.05, 0) is 31.0 Å². The zero-order valence-corrected chi connectivity index (χ0v) is 22.7. The molecule has 2 atom stereocenters. The normalized spacial score (nSPS) is 21.9. The minimum atomic E-state index is -3.79. The van der Waals surface area contributed by atoms with Crippen molar-refractivity contribution in [1.82, 2.24) is 29.1 Å². The number of alkyl halides is 2. The topological polar surface area (TPSA) is 105 Å². The van der Waals surface area contributed by atoms with Crippen LogP contribution in [0, 0.1) is 5.82 Å². The molecule has 3 aliphatic rings. The van der Waals surface area contributed by atoms with E-state index in [4.69, 9.17) is 16.6 Å². The number of aliphatic imine (C=N–C) groups is 1. The van der Waals surface area contributed by atoms with Gasteiger partial charge in [0, 0.05) is 64.7 Å². The van der Waals surface area contributed by atoms with Gasteiger partial charge in [0.15, 0.2) is 10.8 Å². The van der Waals surface area contributed by atoms with Crippen molar-refractivity contribution in [2.45, 2.75) is 50.4 Å². The maximum atomic E-state index is 14.0. The van der Waals surface area contributed by atoms with E-state index in [2.05, 4.69) is 19.5 Å². The number of rotatable bonds is 8. The first kappa shape index (κ1) is 26.4. The Bertz CT molecular complexity index is 1560. The molecule has 2 fully saturated rings. The molecule has 15 heteroatoms. The molecule has 0 bridgehead atoms. The summed E-state index contributed by atoms with van der Waals surface area (Å²) in [6.07, 6.45) is 5.60. The standard InChI is InChI=1S/C24H23ClF3N7O2S2/c25-17-10-13(26)4-5-16(17)21-20(18-6-8-35(31-18)24(27)28)19-11-15(33-39(36,37)32-14-2-1-3-14)12-34(19)22(30-21)23-29-7-9-38-23/h4-10,14-15,21,24,32-33H,1-3,11-12H2/t15-,21-/m0/s1. The molecule has 4 heterocycles. The Morgan fingerprint density at radius 2 is 1.95 bits per heavy atom. The lowest BCUT2D eigenvalue weighted by atomic mass is 9.92. The van der Waals surface area contributed by atoms with Gasteiger partial charge in [-0.15, -0.1) is 11.3 Å². The van der Waals surface area contributed by atoms with Crippen molar-refractivity contribution in [2.75, 3.05) is 6.54 Å². The number of nitrogens with zero attached hydrogens (tertiary/aromatic N) is 5. The van der Waals surface area contributed by atoms with Gasteiger partial charge >= 0.3 is 6.55 Å². The van der Waals surface area contributed by atoms with Gasteiger partial charge in [-0.1, -0.05) is 24.1 Å². The summed E-state index contributed by atoms with van der Waals surface area (Å²) in [5.74, 6) is -0.0492. The highest BCUT2D eigenvalue weighted by Gasteiger charge is 2.42. The second kappa shape index (κ2) is 10.3. The van der Waals surface area contributed by atoms with Crippen LogP contribution in [0.4, 0.5) is 13.2 Å². The number of aromatic nitrogens is 3.